The Morgan fingerprint density at radius 2 is 1.89 bits per heavy atom. The van der Waals surface area contributed by atoms with E-state index in [1.807, 2.05) is 30.3 Å². The molecule has 0 radical (unpaired) electrons. The molecular weight excluding hydrogens is 240 g/mol. The van der Waals surface area contributed by atoms with E-state index < -0.39 is 0 Å². The summed E-state index contributed by atoms with van der Waals surface area (Å²) in [7, 11) is 0. The third-order valence-electron chi connectivity index (χ3n) is 2.89. The Hall–Kier alpha value is -1.55. The molecule has 0 fully saturated rings. The number of carbonyl (C=O) groups is 1. The molecule has 0 aliphatic heterocycles. The molecule has 1 aromatic rings. The fraction of sp³-hybridized carbons (Fsp3) is 0.533. The molecule has 1 aromatic carbocycles. The number of urea groups is 1. The van der Waals surface area contributed by atoms with Gasteiger partial charge >= 0.3 is 6.03 Å². The first-order chi connectivity index (χ1) is 8.95. The highest BCUT2D eigenvalue weighted by Gasteiger charge is 2.27. The van der Waals surface area contributed by atoms with E-state index in [9.17, 15) is 4.79 Å². The number of hydrogen-bond donors (Lipinski definition) is 3. The topological polar surface area (TPSA) is 61.4 Å². The average Bonchev–Trinajstić information content (AvgIpc) is 2.36. The zero-order chi connectivity index (χ0) is 14.3. The maximum Gasteiger partial charge on any atom is 0.315 e. The number of rotatable bonds is 5. The van der Waals surface area contributed by atoms with Crippen LogP contribution in [0.15, 0.2) is 30.3 Å². The average molecular weight is 264 g/mol. The van der Waals surface area contributed by atoms with Crippen LogP contribution in [0.2, 0.25) is 0 Å². The van der Waals surface area contributed by atoms with E-state index in [4.69, 9.17) is 5.11 Å². The second-order valence-electron chi connectivity index (χ2n) is 5.69. The number of nitrogens with one attached hydrogen (secondary N) is 2. The smallest absolute Gasteiger partial charge is 0.315 e. The van der Waals surface area contributed by atoms with Gasteiger partial charge in [0, 0.05) is 13.2 Å². The molecule has 4 heteroatoms. The van der Waals surface area contributed by atoms with Crippen molar-refractivity contribution in [1.82, 2.24) is 10.6 Å². The second kappa shape index (κ2) is 7.14. The lowest BCUT2D eigenvalue weighted by atomic mass is 9.82. The minimum atomic E-state index is -0.197. The SMILES string of the molecule is CC(C)(C)C(NC(=O)NCCCO)c1ccccc1. The molecule has 0 saturated carbocycles. The molecule has 1 atom stereocenters. The Balaban J connectivity index is 2.69. The Labute approximate surface area is 115 Å². The summed E-state index contributed by atoms with van der Waals surface area (Å²) in [6.07, 6.45) is 0.568. The van der Waals surface area contributed by atoms with E-state index in [1.165, 1.54) is 0 Å². The standard InChI is InChI=1S/C15H24N2O2/c1-15(2,3)13(12-8-5-4-6-9-12)17-14(19)16-10-7-11-18/h4-6,8-9,13,18H,7,10-11H2,1-3H3,(H2,16,17,19). The van der Waals surface area contributed by atoms with Crippen molar-refractivity contribution in [3.05, 3.63) is 35.9 Å². The largest absolute Gasteiger partial charge is 0.396 e. The lowest BCUT2D eigenvalue weighted by Crippen LogP contribution is -2.42. The molecule has 3 N–H and O–H groups in total. The van der Waals surface area contributed by atoms with Crippen LogP contribution in [0.1, 0.15) is 38.8 Å². The van der Waals surface area contributed by atoms with Gasteiger partial charge in [0.15, 0.2) is 0 Å². The summed E-state index contributed by atoms with van der Waals surface area (Å²) in [5, 5.41) is 14.4. The second-order valence-corrected chi connectivity index (χ2v) is 5.69. The maximum absolute atomic E-state index is 11.8. The number of amides is 2. The quantitative estimate of drug-likeness (QED) is 0.715. The Bertz CT molecular complexity index is 385. The molecule has 0 aliphatic rings. The molecule has 2 amide bonds. The summed E-state index contributed by atoms with van der Waals surface area (Å²) in [5.41, 5.74) is 1.02. The fourth-order valence-electron chi connectivity index (χ4n) is 1.91. The Morgan fingerprint density at radius 3 is 2.42 bits per heavy atom. The van der Waals surface area contributed by atoms with Gasteiger partial charge in [-0.3, -0.25) is 0 Å². The maximum atomic E-state index is 11.8. The van der Waals surface area contributed by atoms with Gasteiger partial charge in [-0.2, -0.15) is 0 Å². The van der Waals surface area contributed by atoms with Crippen LogP contribution in [-0.4, -0.2) is 24.3 Å². The molecule has 0 heterocycles. The van der Waals surface area contributed by atoms with Crippen molar-refractivity contribution in [1.29, 1.82) is 0 Å². The third kappa shape index (κ3) is 5.30. The van der Waals surface area contributed by atoms with Crippen LogP contribution in [0.4, 0.5) is 4.79 Å². The summed E-state index contributed by atoms with van der Waals surface area (Å²) in [6.45, 7) is 6.85. The van der Waals surface area contributed by atoms with E-state index in [1.54, 1.807) is 0 Å². The van der Waals surface area contributed by atoms with Crippen LogP contribution >= 0.6 is 0 Å². The first-order valence-corrected chi connectivity index (χ1v) is 6.65. The molecule has 0 saturated heterocycles. The highest BCUT2D eigenvalue weighted by molar-refractivity contribution is 5.74. The van der Waals surface area contributed by atoms with Gasteiger partial charge in [0.2, 0.25) is 0 Å². The predicted octanol–water partition coefficient (Wildman–Crippen LogP) is 2.46. The molecule has 19 heavy (non-hydrogen) atoms. The van der Waals surface area contributed by atoms with E-state index in [-0.39, 0.29) is 24.1 Å². The van der Waals surface area contributed by atoms with Crippen molar-refractivity contribution < 1.29 is 9.90 Å². The summed E-state index contributed by atoms with van der Waals surface area (Å²) in [5.74, 6) is 0. The molecular formula is C15H24N2O2. The van der Waals surface area contributed by atoms with Crippen molar-refractivity contribution in [2.45, 2.75) is 33.2 Å². The van der Waals surface area contributed by atoms with E-state index in [2.05, 4.69) is 31.4 Å². The van der Waals surface area contributed by atoms with E-state index >= 15 is 0 Å². The lowest BCUT2D eigenvalue weighted by molar-refractivity contribution is 0.217. The van der Waals surface area contributed by atoms with Gasteiger partial charge in [-0.25, -0.2) is 4.79 Å². The van der Waals surface area contributed by atoms with Gasteiger partial charge in [0.05, 0.1) is 6.04 Å². The van der Waals surface area contributed by atoms with E-state index in [0.717, 1.165) is 5.56 Å². The normalized spacial score (nSPS) is 12.8. The van der Waals surface area contributed by atoms with Crippen LogP contribution in [0.5, 0.6) is 0 Å². The molecule has 4 nitrogen and oxygen atoms in total. The predicted molar refractivity (Wildman–Crippen MR) is 76.9 cm³/mol. The summed E-state index contributed by atoms with van der Waals surface area (Å²) >= 11 is 0. The molecule has 0 aliphatic carbocycles. The lowest BCUT2D eigenvalue weighted by Gasteiger charge is -2.32. The fourth-order valence-corrected chi connectivity index (χ4v) is 1.91. The van der Waals surface area contributed by atoms with Gasteiger partial charge in [0.1, 0.15) is 0 Å². The minimum Gasteiger partial charge on any atom is -0.396 e. The van der Waals surface area contributed by atoms with Gasteiger partial charge in [0.25, 0.3) is 0 Å². The summed E-state index contributed by atoms with van der Waals surface area (Å²) < 4.78 is 0. The molecule has 0 bridgehead atoms. The molecule has 1 rings (SSSR count). The van der Waals surface area contributed by atoms with Gasteiger partial charge in [-0.1, -0.05) is 51.1 Å². The van der Waals surface area contributed by atoms with Crippen LogP contribution in [0.3, 0.4) is 0 Å². The van der Waals surface area contributed by atoms with Crippen molar-refractivity contribution in [3.63, 3.8) is 0 Å². The Morgan fingerprint density at radius 1 is 1.26 bits per heavy atom. The van der Waals surface area contributed by atoms with Crippen LogP contribution in [-0.2, 0) is 0 Å². The number of benzene rings is 1. The highest BCUT2D eigenvalue weighted by atomic mass is 16.3. The number of hydrogen-bond acceptors (Lipinski definition) is 2. The number of aliphatic hydroxyl groups excluding tert-OH is 1. The van der Waals surface area contributed by atoms with Gasteiger partial charge < -0.3 is 15.7 Å². The highest BCUT2D eigenvalue weighted by Crippen LogP contribution is 2.32. The summed E-state index contributed by atoms with van der Waals surface area (Å²) in [4.78, 5) is 11.8. The minimum absolute atomic E-state index is 0.0529. The zero-order valence-corrected chi connectivity index (χ0v) is 11.9. The third-order valence-corrected chi connectivity index (χ3v) is 2.89. The molecule has 0 aromatic heterocycles. The van der Waals surface area contributed by atoms with Crippen LogP contribution in [0, 0.1) is 5.41 Å². The molecule has 0 spiro atoms. The molecule has 1 unspecified atom stereocenters. The van der Waals surface area contributed by atoms with Gasteiger partial charge in [-0.05, 0) is 17.4 Å². The zero-order valence-electron chi connectivity index (χ0n) is 11.9. The van der Waals surface area contributed by atoms with Crippen molar-refractivity contribution in [2.75, 3.05) is 13.2 Å². The summed E-state index contributed by atoms with van der Waals surface area (Å²) in [6, 6.07) is 9.69. The number of aliphatic hydroxyl groups is 1. The van der Waals surface area contributed by atoms with E-state index in [0.29, 0.717) is 13.0 Å². The van der Waals surface area contributed by atoms with Gasteiger partial charge in [-0.15, -0.1) is 0 Å². The monoisotopic (exact) mass is 264 g/mol. The van der Waals surface area contributed by atoms with Crippen molar-refractivity contribution >= 4 is 6.03 Å². The number of carbonyl (C=O) groups excluding carboxylic acids is 1. The Kier molecular flexibility index (Phi) is 5.83. The van der Waals surface area contributed by atoms with Crippen molar-refractivity contribution in [2.24, 2.45) is 5.41 Å². The molecule has 106 valence electrons. The van der Waals surface area contributed by atoms with Crippen molar-refractivity contribution in [3.8, 4) is 0 Å². The first-order valence-electron chi connectivity index (χ1n) is 6.65. The van der Waals surface area contributed by atoms with Crippen LogP contribution < -0.4 is 10.6 Å². The van der Waals surface area contributed by atoms with Crippen LogP contribution in [0.25, 0.3) is 0 Å². The first kappa shape index (κ1) is 15.5.